The molecular formula is C22H26FN5O3S. The number of rotatable bonds is 7. The molecule has 170 valence electrons. The third-order valence-corrected chi connectivity index (χ3v) is 6.37. The summed E-state index contributed by atoms with van der Waals surface area (Å²) < 4.78 is 19.6. The summed E-state index contributed by atoms with van der Waals surface area (Å²) >= 11 is 1.42. The molecule has 3 N–H and O–H groups in total. The van der Waals surface area contributed by atoms with E-state index in [1.54, 1.807) is 12.4 Å². The maximum atomic E-state index is 14.2. The van der Waals surface area contributed by atoms with Gasteiger partial charge in [-0.1, -0.05) is 11.3 Å². The number of amides is 1. The van der Waals surface area contributed by atoms with E-state index in [-0.39, 0.29) is 18.2 Å². The van der Waals surface area contributed by atoms with Crippen LogP contribution in [0.15, 0.2) is 30.7 Å². The monoisotopic (exact) mass is 459 g/mol. The van der Waals surface area contributed by atoms with Crippen molar-refractivity contribution in [2.75, 3.05) is 25.1 Å². The molecule has 0 aliphatic carbocycles. The molecule has 1 atom stereocenters. The van der Waals surface area contributed by atoms with Crippen LogP contribution in [0.4, 0.5) is 10.1 Å². The highest BCUT2D eigenvalue weighted by atomic mass is 32.1. The molecule has 10 heteroatoms. The predicted octanol–water partition coefficient (Wildman–Crippen LogP) is 3.18. The molecule has 4 heterocycles. The second-order valence-electron chi connectivity index (χ2n) is 8.32. The molecule has 3 aromatic rings. The average molecular weight is 460 g/mol. The van der Waals surface area contributed by atoms with E-state index in [0.717, 1.165) is 23.4 Å². The number of hydrogen-bond acceptors (Lipinski definition) is 8. The van der Waals surface area contributed by atoms with E-state index in [1.807, 2.05) is 12.1 Å². The second-order valence-corrected chi connectivity index (χ2v) is 9.30. The van der Waals surface area contributed by atoms with Crippen molar-refractivity contribution in [1.29, 1.82) is 0 Å². The van der Waals surface area contributed by atoms with Crippen LogP contribution in [0.25, 0.3) is 20.9 Å². The van der Waals surface area contributed by atoms with Gasteiger partial charge in [0.25, 0.3) is 5.91 Å². The van der Waals surface area contributed by atoms with Gasteiger partial charge in [-0.05, 0) is 38.8 Å². The number of nitrogens with one attached hydrogen (secondary N) is 2. The van der Waals surface area contributed by atoms with Gasteiger partial charge in [-0.3, -0.25) is 9.78 Å². The Bertz CT molecular complexity index is 1080. The maximum Gasteiger partial charge on any atom is 0.255 e. The smallest absolute Gasteiger partial charge is 0.255 e. The fourth-order valence-electron chi connectivity index (χ4n) is 3.38. The number of anilines is 1. The molecule has 0 aromatic carbocycles. The van der Waals surface area contributed by atoms with Crippen LogP contribution >= 0.6 is 11.3 Å². The number of hydrogen-bond donors (Lipinski definition) is 3. The Hall–Kier alpha value is -2.69. The molecule has 1 amide bonds. The number of pyridine rings is 2. The van der Waals surface area contributed by atoms with E-state index in [9.17, 15) is 14.3 Å². The van der Waals surface area contributed by atoms with Crippen molar-refractivity contribution in [2.45, 2.75) is 44.5 Å². The number of nitrogens with zero attached hydrogens (tertiary/aromatic N) is 3. The van der Waals surface area contributed by atoms with Gasteiger partial charge in [0, 0.05) is 43.4 Å². The average Bonchev–Trinajstić information content (AvgIpc) is 3.23. The second kappa shape index (κ2) is 9.43. The Morgan fingerprint density at radius 3 is 2.84 bits per heavy atom. The lowest BCUT2D eigenvalue weighted by molar-refractivity contribution is -0.00177. The van der Waals surface area contributed by atoms with Crippen LogP contribution < -0.4 is 10.6 Å². The minimum absolute atomic E-state index is 0.120. The van der Waals surface area contributed by atoms with Gasteiger partial charge in [-0.15, -0.1) is 0 Å². The molecule has 1 fully saturated rings. The number of carbonyl (C=O) groups excluding carboxylic acids is 1. The number of fused-ring (bicyclic) bond motifs is 1. The summed E-state index contributed by atoms with van der Waals surface area (Å²) in [4.78, 5) is 27.0. The molecule has 32 heavy (non-hydrogen) atoms. The predicted molar refractivity (Wildman–Crippen MR) is 122 cm³/mol. The highest BCUT2D eigenvalue weighted by molar-refractivity contribution is 7.21. The van der Waals surface area contributed by atoms with Crippen LogP contribution in [-0.4, -0.2) is 63.5 Å². The van der Waals surface area contributed by atoms with Crippen LogP contribution in [0, 0.1) is 0 Å². The van der Waals surface area contributed by atoms with Gasteiger partial charge < -0.3 is 20.5 Å². The summed E-state index contributed by atoms with van der Waals surface area (Å²) in [6.07, 6.45) is 4.91. The van der Waals surface area contributed by atoms with E-state index in [4.69, 9.17) is 9.72 Å². The first-order valence-electron chi connectivity index (χ1n) is 10.5. The van der Waals surface area contributed by atoms with Gasteiger partial charge in [-0.25, -0.2) is 14.4 Å². The molecule has 0 radical (unpaired) electrons. The van der Waals surface area contributed by atoms with E-state index in [0.29, 0.717) is 29.2 Å². The Morgan fingerprint density at radius 2 is 2.16 bits per heavy atom. The first-order valence-corrected chi connectivity index (χ1v) is 11.3. The van der Waals surface area contributed by atoms with Crippen molar-refractivity contribution in [2.24, 2.45) is 0 Å². The number of thiazole rings is 1. The summed E-state index contributed by atoms with van der Waals surface area (Å²) in [6.45, 7) is 3.70. The van der Waals surface area contributed by atoms with Crippen LogP contribution in [0.2, 0.25) is 0 Å². The van der Waals surface area contributed by atoms with Crippen molar-refractivity contribution in [1.82, 2.24) is 20.3 Å². The van der Waals surface area contributed by atoms with Crippen molar-refractivity contribution in [3.63, 3.8) is 0 Å². The number of halogens is 1. The number of alkyl halides is 1. The van der Waals surface area contributed by atoms with E-state index < -0.39 is 17.7 Å². The molecule has 0 bridgehead atoms. The molecule has 0 spiro atoms. The Morgan fingerprint density at radius 1 is 1.38 bits per heavy atom. The Kier molecular flexibility index (Phi) is 6.63. The highest BCUT2D eigenvalue weighted by Gasteiger charge is 2.28. The minimum Gasteiger partial charge on any atom is -0.387 e. The fourth-order valence-corrected chi connectivity index (χ4v) is 4.29. The summed E-state index contributed by atoms with van der Waals surface area (Å²) in [5, 5.41) is 16.6. The normalized spacial score (nSPS) is 16.1. The largest absolute Gasteiger partial charge is 0.387 e. The zero-order chi connectivity index (χ0) is 22.7. The lowest BCUT2D eigenvalue weighted by Crippen LogP contribution is -2.42. The van der Waals surface area contributed by atoms with E-state index in [2.05, 4.69) is 20.6 Å². The first-order chi connectivity index (χ1) is 15.3. The quantitative estimate of drug-likeness (QED) is 0.498. The van der Waals surface area contributed by atoms with E-state index >= 15 is 0 Å². The van der Waals surface area contributed by atoms with Gasteiger partial charge in [0.15, 0.2) is 0 Å². The van der Waals surface area contributed by atoms with Gasteiger partial charge >= 0.3 is 0 Å². The molecule has 0 unspecified atom stereocenters. The number of aliphatic hydroxyl groups is 1. The van der Waals surface area contributed by atoms with Crippen molar-refractivity contribution in [3.8, 4) is 10.6 Å². The van der Waals surface area contributed by atoms with Gasteiger partial charge in [-0.2, -0.15) is 0 Å². The van der Waals surface area contributed by atoms with Gasteiger partial charge in [0.05, 0.1) is 23.4 Å². The summed E-state index contributed by atoms with van der Waals surface area (Å²) in [7, 11) is 0. The number of aromatic nitrogens is 3. The third kappa shape index (κ3) is 5.03. The van der Waals surface area contributed by atoms with Gasteiger partial charge in [0.2, 0.25) is 0 Å². The SMILES string of the molecule is CC(C)(O)[C@H](F)CNC(=O)c1cnc2sc(-c3cccnc3)nc2c1NC1CCOCC1. The molecule has 1 saturated heterocycles. The van der Waals surface area contributed by atoms with Gasteiger partial charge in [0.1, 0.15) is 21.5 Å². The van der Waals surface area contributed by atoms with Crippen LogP contribution in [0.5, 0.6) is 0 Å². The molecule has 3 aromatic heterocycles. The standard InChI is InChI=1S/C22H26FN5O3S/c1-22(2,30)16(23)12-25-19(29)15-11-26-21-18(17(15)27-14-5-8-31-9-6-14)28-20(32-21)13-4-3-7-24-10-13/h3-4,7,10-11,14,16,30H,5-6,8-9,12H2,1-2H3,(H,25,29)(H,26,27)/t16-/m1/s1. The van der Waals surface area contributed by atoms with Crippen LogP contribution in [0.3, 0.4) is 0 Å². The molecule has 4 rings (SSSR count). The van der Waals surface area contributed by atoms with Crippen LogP contribution in [-0.2, 0) is 4.74 Å². The summed E-state index contributed by atoms with van der Waals surface area (Å²) in [5.41, 5.74) is 0.766. The third-order valence-electron chi connectivity index (χ3n) is 5.36. The number of ether oxygens (including phenoxy) is 1. The highest BCUT2D eigenvalue weighted by Crippen LogP contribution is 2.35. The maximum absolute atomic E-state index is 14.2. The molecular weight excluding hydrogens is 433 g/mol. The van der Waals surface area contributed by atoms with Crippen molar-refractivity contribution >= 4 is 33.3 Å². The lowest BCUT2D eigenvalue weighted by Gasteiger charge is -2.25. The fraction of sp³-hybridized carbons (Fsp3) is 0.455. The molecule has 8 nitrogen and oxygen atoms in total. The first kappa shape index (κ1) is 22.5. The van der Waals surface area contributed by atoms with E-state index in [1.165, 1.54) is 31.4 Å². The molecule has 1 aliphatic heterocycles. The molecule has 0 saturated carbocycles. The van der Waals surface area contributed by atoms with Crippen LogP contribution in [0.1, 0.15) is 37.0 Å². The van der Waals surface area contributed by atoms with Crippen molar-refractivity contribution < 1.29 is 19.0 Å². The lowest BCUT2D eigenvalue weighted by atomic mass is 10.0. The summed E-state index contributed by atoms with van der Waals surface area (Å²) in [5.74, 6) is -0.475. The Labute approximate surface area is 189 Å². The Balaban J connectivity index is 1.68. The number of carbonyl (C=O) groups is 1. The van der Waals surface area contributed by atoms with Crippen molar-refractivity contribution in [3.05, 3.63) is 36.3 Å². The zero-order valence-electron chi connectivity index (χ0n) is 18.0. The zero-order valence-corrected chi connectivity index (χ0v) is 18.8. The summed E-state index contributed by atoms with van der Waals surface area (Å²) in [6, 6.07) is 3.88. The topological polar surface area (TPSA) is 109 Å². The minimum atomic E-state index is -1.61. The molecule has 1 aliphatic rings.